The van der Waals surface area contributed by atoms with Crippen molar-refractivity contribution >= 4 is 29.9 Å². The van der Waals surface area contributed by atoms with E-state index in [1.165, 1.54) is 11.1 Å². The van der Waals surface area contributed by atoms with Gasteiger partial charge >= 0.3 is 0 Å². The van der Waals surface area contributed by atoms with E-state index >= 15 is 0 Å². The Bertz CT molecular complexity index is 720. The van der Waals surface area contributed by atoms with E-state index in [2.05, 4.69) is 51.4 Å². The number of pyridine rings is 1. The Balaban J connectivity index is 0.00000261. The molecule has 0 bridgehead atoms. The van der Waals surface area contributed by atoms with Gasteiger partial charge in [0.15, 0.2) is 5.96 Å². The molecule has 2 heterocycles. The molecule has 0 spiro atoms. The van der Waals surface area contributed by atoms with Crippen molar-refractivity contribution in [3.63, 3.8) is 0 Å². The second kappa shape index (κ2) is 11.2. The van der Waals surface area contributed by atoms with Crippen LogP contribution in [0.15, 0.2) is 53.7 Å². The molecule has 2 aromatic rings. The molecule has 1 aromatic heterocycles. The van der Waals surface area contributed by atoms with Gasteiger partial charge < -0.3 is 11.1 Å². The summed E-state index contributed by atoms with van der Waals surface area (Å²) in [6, 6.07) is 15.1. The first-order valence-corrected chi connectivity index (χ1v) is 9.50. The molecule has 146 valence electrons. The van der Waals surface area contributed by atoms with Crippen LogP contribution in [0.1, 0.15) is 30.2 Å². The topological polar surface area (TPSA) is 66.5 Å². The predicted octanol–water partition coefficient (Wildman–Crippen LogP) is 2.98. The maximum absolute atomic E-state index is 6.05. The smallest absolute Gasteiger partial charge is 0.188 e. The van der Waals surface area contributed by atoms with Crippen LogP contribution < -0.4 is 11.1 Å². The highest BCUT2D eigenvalue weighted by Crippen LogP contribution is 2.21. The van der Waals surface area contributed by atoms with Crippen molar-refractivity contribution in [2.45, 2.75) is 38.8 Å². The van der Waals surface area contributed by atoms with E-state index in [1.807, 2.05) is 24.4 Å². The van der Waals surface area contributed by atoms with Crippen LogP contribution >= 0.6 is 24.0 Å². The van der Waals surface area contributed by atoms with Gasteiger partial charge in [-0.15, -0.1) is 24.0 Å². The van der Waals surface area contributed by atoms with Gasteiger partial charge in [0.1, 0.15) is 0 Å². The molecule has 1 atom stereocenters. The van der Waals surface area contributed by atoms with E-state index in [-0.39, 0.29) is 24.0 Å². The Morgan fingerprint density at radius 1 is 1.22 bits per heavy atom. The van der Waals surface area contributed by atoms with Crippen molar-refractivity contribution < 1.29 is 0 Å². The van der Waals surface area contributed by atoms with Crippen LogP contribution in [-0.4, -0.2) is 41.5 Å². The summed E-state index contributed by atoms with van der Waals surface area (Å²) in [5.41, 5.74) is 10.0. The number of benzene rings is 1. The SMILES string of the molecule is CCC(CN=C(N)NCCc1ccccn1)N1CCc2ccccc2C1.I. The van der Waals surface area contributed by atoms with Crippen LogP contribution in [0.5, 0.6) is 0 Å². The molecular formula is C21H30IN5. The highest BCUT2D eigenvalue weighted by molar-refractivity contribution is 14.0. The Hall–Kier alpha value is -1.67. The van der Waals surface area contributed by atoms with Gasteiger partial charge in [-0.2, -0.15) is 0 Å². The van der Waals surface area contributed by atoms with E-state index in [0.717, 1.165) is 51.1 Å². The number of rotatable bonds is 7. The first kappa shape index (κ1) is 21.6. The number of halogens is 1. The third-order valence-electron chi connectivity index (χ3n) is 5.03. The lowest BCUT2D eigenvalue weighted by Crippen LogP contribution is -2.42. The first-order valence-electron chi connectivity index (χ1n) is 9.50. The van der Waals surface area contributed by atoms with E-state index in [0.29, 0.717) is 12.0 Å². The maximum atomic E-state index is 6.05. The van der Waals surface area contributed by atoms with Crippen molar-refractivity contribution in [2.24, 2.45) is 10.7 Å². The quantitative estimate of drug-likeness (QED) is 0.364. The van der Waals surface area contributed by atoms with E-state index in [9.17, 15) is 0 Å². The lowest BCUT2D eigenvalue weighted by atomic mass is 9.98. The molecule has 1 aromatic carbocycles. The Morgan fingerprint density at radius 3 is 2.74 bits per heavy atom. The third-order valence-corrected chi connectivity index (χ3v) is 5.03. The molecule has 0 saturated heterocycles. The number of nitrogens with one attached hydrogen (secondary N) is 1. The normalized spacial score (nSPS) is 15.5. The Labute approximate surface area is 179 Å². The monoisotopic (exact) mass is 479 g/mol. The van der Waals surface area contributed by atoms with Crippen LogP contribution in [0.2, 0.25) is 0 Å². The molecule has 0 radical (unpaired) electrons. The highest BCUT2D eigenvalue weighted by atomic mass is 127. The van der Waals surface area contributed by atoms with Crippen LogP contribution in [0.3, 0.4) is 0 Å². The molecule has 6 heteroatoms. The lowest BCUT2D eigenvalue weighted by Gasteiger charge is -2.34. The van der Waals surface area contributed by atoms with Crippen LogP contribution in [0, 0.1) is 0 Å². The number of nitrogens with two attached hydrogens (primary N) is 1. The zero-order valence-corrected chi connectivity index (χ0v) is 18.3. The zero-order valence-electron chi connectivity index (χ0n) is 16.0. The van der Waals surface area contributed by atoms with Gasteiger partial charge in [-0.25, -0.2) is 0 Å². The van der Waals surface area contributed by atoms with Crippen molar-refractivity contribution in [3.8, 4) is 0 Å². The number of fused-ring (bicyclic) bond motifs is 1. The minimum Gasteiger partial charge on any atom is -0.370 e. The molecule has 0 fully saturated rings. The van der Waals surface area contributed by atoms with Gasteiger partial charge in [0.25, 0.3) is 0 Å². The number of hydrogen-bond donors (Lipinski definition) is 2. The molecule has 0 aliphatic carbocycles. The van der Waals surface area contributed by atoms with Crippen molar-refractivity contribution in [2.75, 3.05) is 19.6 Å². The summed E-state index contributed by atoms with van der Waals surface area (Å²) in [4.78, 5) is 11.4. The molecule has 1 aliphatic rings. The van der Waals surface area contributed by atoms with Crippen molar-refractivity contribution in [3.05, 3.63) is 65.5 Å². The number of aromatic nitrogens is 1. The van der Waals surface area contributed by atoms with Gasteiger partial charge in [-0.3, -0.25) is 14.9 Å². The average molecular weight is 479 g/mol. The van der Waals surface area contributed by atoms with E-state index < -0.39 is 0 Å². The third kappa shape index (κ3) is 6.46. The molecule has 3 N–H and O–H groups in total. The van der Waals surface area contributed by atoms with Gasteiger partial charge in [-0.05, 0) is 36.1 Å². The summed E-state index contributed by atoms with van der Waals surface area (Å²) >= 11 is 0. The summed E-state index contributed by atoms with van der Waals surface area (Å²) in [5, 5.41) is 3.20. The summed E-state index contributed by atoms with van der Waals surface area (Å²) in [6.07, 6.45) is 4.85. The highest BCUT2D eigenvalue weighted by Gasteiger charge is 2.21. The number of hydrogen-bond acceptors (Lipinski definition) is 3. The van der Waals surface area contributed by atoms with Crippen LogP contribution in [-0.2, 0) is 19.4 Å². The first-order chi connectivity index (χ1) is 12.8. The minimum absolute atomic E-state index is 0. The molecule has 27 heavy (non-hydrogen) atoms. The zero-order chi connectivity index (χ0) is 18.2. The molecule has 0 amide bonds. The minimum atomic E-state index is 0. The van der Waals surface area contributed by atoms with E-state index in [1.54, 1.807) is 0 Å². The standard InChI is InChI=1S/C21H29N5.HI/c1-2-20(26-14-11-17-7-3-4-8-18(17)16-26)15-25-21(22)24-13-10-19-9-5-6-12-23-19;/h3-9,12,20H,2,10-11,13-16H2,1H3,(H3,22,24,25);1H. The molecule has 1 unspecified atom stereocenters. The largest absolute Gasteiger partial charge is 0.370 e. The molecule has 1 aliphatic heterocycles. The van der Waals surface area contributed by atoms with Gasteiger partial charge in [0.2, 0.25) is 0 Å². The second-order valence-electron chi connectivity index (χ2n) is 6.78. The molecule has 5 nitrogen and oxygen atoms in total. The Kier molecular flexibility index (Phi) is 9.00. The summed E-state index contributed by atoms with van der Waals surface area (Å²) in [5.74, 6) is 0.525. The number of aliphatic imine (C=N–C) groups is 1. The fourth-order valence-corrected chi connectivity index (χ4v) is 3.46. The molecule has 3 rings (SSSR count). The summed E-state index contributed by atoms with van der Waals surface area (Å²) in [7, 11) is 0. The lowest BCUT2D eigenvalue weighted by molar-refractivity contribution is 0.178. The van der Waals surface area contributed by atoms with Crippen molar-refractivity contribution in [1.82, 2.24) is 15.2 Å². The second-order valence-corrected chi connectivity index (χ2v) is 6.78. The van der Waals surface area contributed by atoms with Gasteiger partial charge in [-0.1, -0.05) is 37.3 Å². The van der Waals surface area contributed by atoms with Crippen LogP contribution in [0.25, 0.3) is 0 Å². The fourth-order valence-electron chi connectivity index (χ4n) is 3.46. The molecule has 0 saturated carbocycles. The summed E-state index contributed by atoms with van der Waals surface area (Å²) < 4.78 is 0. The number of nitrogens with zero attached hydrogens (tertiary/aromatic N) is 3. The summed E-state index contributed by atoms with van der Waals surface area (Å²) in [6.45, 7) is 5.82. The predicted molar refractivity (Wildman–Crippen MR) is 122 cm³/mol. The Morgan fingerprint density at radius 2 is 2.00 bits per heavy atom. The van der Waals surface area contributed by atoms with Gasteiger partial charge in [0, 0.05) is 44.0 Å². The van der Waals surface area contributed by atoms with Crippen LogP contribution in [0.4, 0.5) is 0 Å². The van der Waals surface area contributed by atoms with Gasteiger partial charge in [0.05, 0.1) is 6.54 Å². The fraction of sp³-hybridized carbons (Fsp3) is 0.429. The number of guanidine groups is 1. The van der Waals surface area contributed by atoms with E-state index in [4.69, 9.17) is 5.73 Å². The molecular weight excluding hydrogens is 449 g/mol. The maximum Gasteiger partial charge on any atom is 0.188 e. The van der Waals surface area contributed by atoms with Crippen molar-refractivity contribution in [1.29, 1.82) is 0 Å². The average Bonchev–Trinajstić information content (AvgIpc) is 2.69.